The topological polar surface area (TPSA) is 127 Å². The van der Waals surface area contributed by atoms with Crippen LogP contribution < -0.4 is 10.5 Å². The monoisotopic (exact) mass is 300 g/mol. The maximum atomic E-state index is 11.6. The molecule has 110 valence electrons. The van der Waals surface area contributed by atoms with Crippen LogP contribution in [0.15, 0.2) is 29.2 Å². The Morgan fingerprint density at radius 3 is 2.45 bits per heavy atom. The first-order valence-corrected chi connectivity index (χ1v) is 7.48. The lowest BCUT2D eigenvalue weighted by Gasteiger charge is -2.06. The van der Waals surface area contributed by atoms with Gasteiger partial charge in [-0.15, -0.1) is 0 Å². The van der Waals surface area contributed by atoms with E-state index in [0.717, 1.165) is 0 Å². The molecule has 0 fully saturated rings. The van der Waals surface area contributed by atoms with Crippen LogP contribution in [0.5, 0.6) is 0 Å². The Balaban J connectivity index is 2.52. The number of primary sulfonamides is 1. The molecule has 0 unspecified atom stereocenters. The van der Waals surface area contributed by atoms with E-state index < -0.39 is 16.0 Å². The molecule has 0 aliphatic carbocycles. The van der Waals surface area contributed by atoms with E-state index in [1.54, 1.807) is 6.07 Å². The average molecular weight is 300 g/mol. The van der Waals surface area contributed by atoms with Gasteiger partial charge < -0.3 is 10.4 Å². The fourth-order valence-corrected chi connectivity index (χ4v) is 2.10. The summed E-state index contributed by atoms with van der Waals surface area (Å²) in [5.41, 5.74) is 0.333. The molecule has 0 aliphatic heterocycles. The van der Waals surface area contributed by atoms with E-state index in [2.05, 4.69) is 5.32 Å². The van der Waals surface area contributed by atoms with Gasteiger partial charge in [0.25, 0.3) is 0 Å². The van der Waals surface area contributed by atoms with Crippen LogP contribution in [-0.2, 0) is 19.6 Å². The number of carbonyl (C=O) groups excluding carboxylic acids is 1. The van der Waals surface area contributed by atoms with Crippen molar-refractivity contribution < 1.29 is 23.1 Å². The molecule has 1 aromatic rings. The summed E-state index contributed by atoms with van der Waals surface area (Å²) < 4.78 is 22.3. The summed E-state index contributed by atoms with van der Waals surface area (Å²) in [7, 11) is -3.81. The van der Waals surface area contributed by atoms with Gasteiger partial charge in [-0.1, -0.05) is 6.07 Å². The number of rotatable bonds is 7. The van der Waals surface area contributed by atoms with Gasteiger partial charge in [0.15, 0.2) is 0 Å². The number of carboxylic acid groups (broad SMARTS) is 1. The highest BCUT2D eigenvalue weighted by atomic mass is 32.2. The molecule has 8 heteroatoms. The van der Waals surface area contributed by atoms with Gasteiger partial charge in [-0.2, -0.15) is 0 Å². The molecule has 20 heavy (non-hydrogen) atoms. The molecule has 4 N–H and O–H groups in total. The number of unbranched alkanes of at least 4 members (excludes halogenated alkanes) is 1. The van der Waals surface area contributed by atoms with E-state index in [-0.39, 0.29) is 23.6 Å². The summed E-state index contributed by atoms with van der Waals surface area (Å²) >= 11 is 0. The van der Waals surface area contributed by atoms with E-state index in [1.807, 2.05) is 0 Å². The Morgan fingerprint density at radius 2 is 1.85 bits per heavy atom. The highest BCUT2D eigenvalue weighted by Gasteiger charge is 2.09. The molecule has 7 nitrogen and oxygen atoms in total. The van der Waals surface area contributed by atoms with Gasteiger partial charge in [0.1, 0.15) is 0 Å². The van der Waals surface area contributed by atoms with E-state index in [0.29, 0.717) is 18.5 Å². The van der Waals surface area contributed by atoms with Crippen molar-refractivity contribution in [2.45, 2.75) is 30.6 Å². The average Bonchev–Trinajstić information content (AvgIpc) is 2.34. The maximum absolute atomic E-state index is 11.6. The lowest BCUT2D eigenvalue weighted by molar-refractivity contribution is -0.137. The lowest BCUT2D eigenvalue weighted by atomic mass is 10.2. The molecule has 1 rings (SSSR count). The van der Waals surface area contributed by atoms with Crippen LogP contribution in [0, 0.1) is 0 Å². The van der Waals surface area contributed by atoms with Gasteiger partial charge in [0, 0.05) is 18.5 Å². The number of hydrogen-bond acceptors (Lipinski definition) is 4. The normalized spacial score (nSPS) is 11.1. The third kappa shape index (κ3) is 5.81. The van der Waals surface area contributed by atoms with Crippen LogP contribution >= 0.6 is 0 Å². The zero-order valence-corrected chi connectivity index (χ0v) is 11.5. The summed E-state index contributed by atoms with van der Waals surface area (Å²) in [6.45, 7) is 0. The predicted octanol–water partition coefficient (Wildman–Crippen LogP) is 0.917. The molecule has 0 heterocycles. The molecule has 0 bridgehead atoms. The number of nitrogens with one attached hydrogen (secondary N) is 1. The first-order chi connectivity index (χ1) is 9.29. The zero-order chi connectivity index (χ0) is 15.2. The van der Waals surface area contributed by atoms with Gasteiger partial charge in [0.05, 0.1) is 4.90 Å². The van der Waals surface area contributed by atoms with Crippen LogP contribution in [-0.4, -0.2) is 25.4 Å². The number of benzene rings is 1. The SMILES string of the molecule is NS(=O)(=O)c1cccc(NC(=O)CCCCC(=O)O)c1. The third-order valence-electron chi connectivity index (χ3n) is 2.49. The first-order valence-electron chi connectivity index (χ1n) is 5.93. The lowest BCUT2D eigenvalue weighted by Crippen LogP contribution is -2.14. The summed E-state index contributed by atoms with van der Waals surface area (Å²) in [6.07, 6.45) is 1.06. The van der Waals surface area contributed by atoms with Crippen molar-refractivity contribution in [1.82, 2.24) is 0 Å². The molecule has 0 saturated carbocycles. The minimum Gasteiger partial charge on any atom is -0.481 e. The molecule has 0 radical (unpaired) electrons. The predicted molar refractivity (Wildman–Crippen MR) is 72.5 cm³/mol. The van der Waals surface area contributed by atoms with Gasteiger partial charge in [-0.3, -0.25) is 9.59 Å². The van der Waals surface area contributed by atoms with Gasteiger partial charge in [-0.05, 0) is 31.0 Å². The number of anilines is 1. The molecule has 0 aromatic heterocycles. The fourth-order valence-electron chi connectivity index (χ4n) is 1.54. The molecule has 0 spiro atoms. The molecule has 0 atom stereocenters. The van der Waals surface area contributed by atoms with Crippen LogP contribution in [0.25, 0.3) is 0 Å². The second-order valence-electron chi connectivity index (χ2n) is 4.22. The number of amides is 1. The van der Waals surface area contributed by atoms with E-state index in [1.165, 1.54) is 18.2 Å². The summed E-state index contributed by atoms with van der Waals surface area (Å²) in [5, 5.41) is 16.0. The Labute approximate surface area is 116 Å². The standard InChI is InChI=1S/C12H16N2O5S/c13-20(18,19)10-5-3-4-9(8-10)14-11(15)6-1-2-7-12(16)17/h3-5,8H,1-2,6-7H2,(H,14,15)(H,16,17)(H2,13,18,19). The fraction of sp³-hybridized carbons (Fsp3) is 0.333. The number of hydrogen-bond donors (Lipinski definition) is 3. The largest absolute Gasteiger partial charge is 0.481 e. The molecular weight excluding hydrogens is 284 g/mol. The van der Waals surface area contributed by atoms with Crippen LogP contribution in [0.3, 0.4) is 0 Å². The second kappa shape index (κ2) is 7.01. The minimum atomic E-state index is -3.81. The van der Waals surface area contributed by atoms with Crippen molar-refractivity contribution >= 4 is 27.6 Å². The number of carbonyl (C=O) groups is 2. The Hall–Kier alpha value is -1.93. The van der Waals surface area contributed by atoms with Crippen molar-refractivity contribution in [3.63, 3.8) is 0 Å². The maximum Gasteiger partial charge on any atom is 0.303 e. The van der Waals surface area contributed by atoms with Crippen molar-refractivity contribution in [3.8, 4) is 0 Å². The second-order valence-corrected chi connectivity index (χ2v) is 5.78. The molecule has 1 amide bonds. The number of aliphatic carboxylic acids is 1. The summed E-state index contributed by atoms with van der Waals surface area (Å²) in [5.74, 6) is -1.20. The third-order valence-corrected chi connectivity index (χ3v) is 3.40. The van der Waals surface area contributed by atoms with Crippen molar-refractivity contribution in [3.05, 3.63) is 24.3 Å². The molecular formula is C12H16N2O5S. The van der Waals surface area contributed by atoms with Crippen molar-refractivity contribution in [2.24, 2.45) is 5.14 Å². The first kappa shape index (κ1) is 16.1. The highest BCUT2D eigenvalue weighted by Crippen LogP contribution is 2.14. The van der Waals surface area contributed by atoms with Crippen LogP contribution in [0.2, 0.25) is 0 Å². The highest BCUT2D eigenvalue weighted by molar-refractivity contribution is 7.89. The van der Waals surface area contributed by atoms with Crippen LogP contribution in [0.1, 0.15) is 25.7 Å². The quantitative estimate of drug-likeness (QED) is 0.645. The van der Waals surface area contributed by atoms with E-state index >= 15 is 0 Å². The van der Waals surface area contributed by atoms with E-state index in [9.17, 15) is 18.0 Å². The summed E-state index contributed by atoms with van der Waals surface area (Å²) in [6, 6.07) is 5.62. The van der Waals surface area contributed by atoms with Gasteiger partial charge >= 0.3 is 5.97 Å². The van der Waals surface area contributed by atoms with Crippen molar-refractivity contribution in [2.75, 3.05) is 5.32 Å². The summed E-state index contributed by atoms with van der Waals surface area (Å²) in [4.78, 5) is 21.8. The number of sulfonamides is 1. The van der Waals surface area contributed by atoms with Crippen molar-refractivity contribution in [1.29, 1.82) is 0 Å². The van der Waals surface area contributed by atoms with Gasteiger partial charge in [0.2, 0.25) is 15.9 Å². The van der Waals surface area contributed by atoms with E-state index in [4.69, 9.17) is 10.2 Å². The smallest absolute Gasteiger partial charge is 0.303 e. The molecule has 0 saturated heterocycles. The Bertz CT molecular complexity index is 598. The zero-order valence-electron chi connectivity index (χ0n) is 10.7. The minimum absolute atomic E-state index is 0.0220. The molecule has 1 aromatic carbocycles. The number of carboxylic acids is 1. The van der Waals surface area contributed by atoms with Gasteiger partial charge in [-0.25, -0.2) is 13.6 Å². The Kier molecular flexibility index (Phi) is 5.66. The number of nitrogens with two attached hydrogens (primary N) is 1. The Morgan fingerprint density at radius 1 is 1.20 bits per heavy atom. The van der Waals surface area contributed by atoms with Crippen LogP contribution in [0.4, 0.5) is 5.69 Å². The molecule has 0 aliphatic rings.